The van der Waals surface area contributed by atoms with E-state index in [9.17, 15) is 0 Å². The SMILES string of the molecule is CCSCCCn1cc(Cl)cn1. The maximum atomic E-state index is 5.71. The van der Waals surface area contributed by atoms with Gasteiger partial charge in [-0.15, -0.1) is 0 Å². The predicted octanol–water partition coefficient (Wildman–Crippen LogP) is 2.68. The molecule has 0 unspecified atom stereocenters. The smallest absolute Gasteiger partial charge is 0.0785 e. The second kappa shape index (κ2) is 5.49. The van der Waals surface area contributed by atoms with Gasteiger partial charge in [0, 0.05) is 12.7 Å². The Morgan fingerprint density at radius 3 is 3.08 bits per heavy atom. The molecule has 0 saturated carbocycles. The van der Waals surface area contributed by atoms with Crippen molar-refractivity contribution in [2.24, 2.45) is 0 Å². The Labute approximate surface area is 82.3 Å². The first-order valence-electron chi connectivity index (χ1n) is 4.08. The number of thioether (sulfide) groups is 1. The van der Waals surface area contributed by atoms with Gasteiger partial charge >= 0.3 is 0 Å². The van der Waals surface area contributed by atoms with Crippen molar-refractivity contribution in [2.45, 2.75) is 19.9 Å². The first-order chi connectivity index (χ1) is 5.83. The molecule has 1 rings (SSSR count). The van der Waals surface area contributed by atoms with Gasteiger partial charge in [-0.25, -0.2) is 0 Å². The molecule has 0 N–H and O–H groups in total. The van der Waals surface area contributed by atoms with Crippen molar-refractivity contribution in [2.75, 3.05) is 11.5 Å². The van der Waals surface area contributed by atoms with Crippen molar-refractivity contribution >= 4 is 23.4 Å². The molecule has 12 heavy (non-hydrogen) atoms. The summed E-state index contributed by atoms with van der Waals surface area (Å²) >= 11 is 7.67. The fourth-order valence-electron chi connectivity index (χ4n) is 0.934. The number of aromatic nitrogens is 2. The molecular formula is C8H13ClN2S. The van der Waals surface area contributed by atoms with Crippen molar-refractivity contribution in [1.82, 2.24) is 9.78 Å². The summed E-state index contributed by atoms with van der Waals surface area (Å²) in [6, 6.07) is 0. The van der Waals surface area contributed by atoms with Crippen LogP contribution in [0.5, 0.6) is 0 Å². The molecule has 0 radical (unpaired) electrons. The van der Waals surface area contributed by atoms with E-state index in [2.05, 4.69) is 12.0 Å². The minimum absolute atomic E-state index is 0.721. The molecule has 0 spiro atoms. The highest BCUT2D eigenvalue weighted by atomic mass is 35.5. The van der Waals surface area contributed by atoms with E-state index >= 15 is 0 Å². The zero-order valence-electron chi connectivity index (χ0n) is 7.16. The summed E-state index contributed by atoms with van der Waals surface area (Å²) in [5, 5.41) is 4.81. The molecule has 0 saturated heterocycles. The van der Waals surface area contributed by atoms with Crippen LogP contribution in [0, 0.1) is 0 Å². The molecule has 0 aliphatic rings. The molecule has 68 valence electrons. The van der Waals surface area contributed by atoms with Crippen molar-refractivity contribution < 1.29 is 0 Å². The van der Waals surface area contributed by atoms with Gasteiger partial charge < -0.3 is 0 Å². The third-order valence-electron chi connectivity index (χ3n) is 1.48. The Balaban J connectivity index is 2.15. The Morgan fingerprint density at radius 1 is 1.67 bits per heavy atom. The van der Waals surface area contributed by atoms with Gasteiger partial charge in [0.1, 0.15) is 0 Å². The van der Waals surface area contributed by atoms with Crippen LogP contribution in [0.2, 0.25) is 5.02 Å². The largest absolute Gasteiger partial charge is 0.271 e. The Kier molecular flexibility index (Phi) is 4.54. The zero-order chi connectivity index (χ0) is 8.81. The molecule has 4 heteroatoms. The van der Waals surface area contributed by atoms with Gasteiger partial charge in [-0.2, -0.15) is 16.9 Å². The predicted molar refractivity (Wildman–Crippen MR) is 54.9 cm³/mol. The van der Waals surface area contributed by atoms with Crippen molar-refractivity contribution in [3.05, 3.63) is 17.4 Å². The topological polar surface area (TPSA) is 17.8 Å². The lowest BCUT2D eigenvalue weighted by molar-refractivity contribution is 0.606. The van der Waals surface area contributed by atoms with Gasteiger partial charge in [-0.3, -0.25) is 4.68 Å². The standard InChI is InChI=1S/C8H13ClN2S/c1-2-12-5-3-4-11-7-8(9)6-10-11/h6-7H,2-5H2,1H3. The second-order valence-corrected chi connectivity index (χ2v) is 4.30. The van der Waals surface area contributed by atoms with Crippen LogP contribution in [0.3, 0.4) is 0 Å². The Morgan fingerprint density at radius 2 is 2.50 bits per heavy atom. The summed E-state index contributed by atoms with van der Waals surface area (Å²) in [6.07, 6.45) is 4.70. The van der Waals surface area contributed by atoms with Crippen LogP contribution in [-0.4, -0.2) is 21.3 Å². The van der Waals surface area contributed by atoms with E-state index in [0.29, 0.717) is 0 Å². The van der Waals surface area contributed by atoms with Gasteiger partial charge in [-0.1, -0.05) is 18.5 Å². The molecule has 0 fully saturated rings. The number of hydrogen-bond donors (Lipinski definition) is 0. The first-order valence-corrected chi connectivity index (χ1v) is 5.62. The maximum absolute atomic E-state index is 5.71. The maximum Gasteiger partial charge on any atom is 0.0785 e. The van der Waals surface area contributed by atoms with E-state index in [0.717, 1.165) is 18.0 Å². The van der Waals surface area contributed by atoms with Crippen molar-refractivity contribution in [3.8, 4) is 0 Å². The van der Waals surface area contributed by atoms with E-state index in [1.807, 2.05) is 22.6 Å². The molecule has 0 aromatic carbocycles. The van der Waals surface area contributed by atoms with Gasteiger partial charge in [0.25, 0.3) is 0 Å². The lowest BCUT2D eigenvalue weighted by Crippen LogP contribution is -1.99. The van der Waals surface area contributed by atoms with E-state index in [4.69, 9.17) is 11.6 Å². The fraction of sp³-hybridized carbons (Fsp3) is 0.625. The summed E-state index contributed by atoms with van der Waals surface area (Å²) in [7, 11) is 0. The average Bonchev–Trinajstić information content (AvgIpc) is 2.45. The molecule has 1 aromatic heterocycles. The summed E-state index contributed by atoms with van der Waals surface area (Å²) in [5.41, 5.74) is 0. The first kappa shape index (κ1) is 9.93. The van der Waals surface area contributed by atoms with Gasteiger partial charge in [0.15, 0.2) is 0 Å². The normalized spacial score (nSPS) is 10.5. The zero-order valence-corrected chi connectivity index (χ0v) is 8.74. The lowest BCUT2D eigenvalue weighted by atomic mass is 10.5. The minimum atomic E-state index is 0.721. The Bertz CT molecular complexity index is 225. The van der Waals surface area contributed by atoms with Crippen LogP contribution in [0.15, 0.2) is 12.4 Å². The third-order valence-corrected chi connectivity index (χ3v) is 2.66. The van der Waals surface area contributed by atoms with Crippen molar-refractivity contribution in [1.29, 1.82) is 0 Å². The van der Waals surface area contributed by atoms with Crippen molar-refractivity contribution in [3.63, 3.8) is 0 Å². The highest BCUT2D eigenvalue weighted by Gasteiger charge is 1.94. The van der Waals surface area contributed by atoms with Gasteiger partial charge in [-0.05, 0) is 17.9 Å². The average molecular weight is 205 g/mol. The molecule has 0 amide bonds. The minimum Gasteiger partial charge on any atom is -0.271 e. The molecular weight excluding hydrogens is 192 g/mol. The molecule has 2 nitrogen and oxygen atoms in total. The molecule has 1 heterocycles. The van der Waals surface area contributed by atoms with Gasteiger partial charge in [0.2, 0.25) is 0 Å². The number of aryl methyl sites for hydroxylation is 1. The number of nitrogens with zero attached hydrogens (tertiary/aromatic N) is 2. The molecule has 0 aliphatic heterocycles. The van der Waals surface area contributed by atoms with E-state index in [-0.39, 0.29) is 0 Å². The number of hydrogen-bond acceptors (Lipinski definition) is 2. The molecule has 0 aliphatic carbocycles. The quantitative estimate of drug-likeness (QED) is 0.687. The van der Waals surface area contributed by atoms with Crippen LogP contribution in [0.25, 0.3) is 0 Å². The molecule has 0 atom stereocenters. The number of rotatable bonds is 5. The van der Waals surface area contributed by atoms with Crippen LogP contribution in [-0.2, 0) is 6.54 Å². The monoisotopic (exact) mass is 204 g/mol. The highest BCUT2D eigenvalue weighted by molar-refractivity contribution is 7.99. The van der Waals surface area contributed by atoms with Gasteiger partial charge in [0.05, 0.1) is 11.2 Å². The summed E-state index contributed by atoms with van der Waals surface area (Å²) in [6.45, 7) is 3.15. The van der Waals surface area contributed by atoms with E-state index < -0.39 is 0 Å². The lowest BCUT2D eigenvalue weighted by Gasteiger charge is -1.99. The second-order valence-electron chi connectivity index (χ2n) is 2.47. The van der Waals surface area contributed by atoms with Crippen LogP contribution < -0.4 is 0 Å². The number of halogens is 1. The van der Waals surface area contributed by atoms with Crippen LogP contribution in [0.4, 0.5) is 0 Å². The fourth-order valence-corrected chi connectivity index (χ4v) is 1.71. The summed E-state index contributed by atoms with van der Waals surface area (Å²) in [4.78, 5) is 0. The van der Waals surface area contributed by atoms with Crippen LogP contribution in [0.1, 0.15) is 13.3 Å². The van der Waals surface area contributed by atoms with Crippen LogP contribution >= 0.6 is 23.4 Å². The molecule has 0 bridgehead atoms. The third kappa shape index (κ3) is 3.50. The highest BCUT2D eigenvalue weighted by Crippen LogP contribution is 2.06. The van der Waals surface area contributed by atoms with E-state index in [1.54, 1.807) is 6.20 Å². The summed E-state index contributed by atoms with van der Waals surface area (Å²) in [5.74, 6) is 2.40. The summed E-state index contributed by atoms with van der Waals surface area (Å²) < 4.78 is 1.89. The Hall–Kier alpha value is -0.150. The molecule has 1 aromatic rings. The van der Waals surface area contributed by atoms with E-state index in [1.165, 1.54) is 11.5 Å².